The lowest BCUT2D eigenvalue weighted by molar-refractivity contribution is -0.113. The Morgan fingerprint density at radius 1 is 0.839 bits per heavy atom. The van der Waals surface area contributed by atoms with Crippen LogP contribution < -0.4 is 5.32 Å². The summed E-state index contributed by atoms with van der Waals surface area (Å²) in [5.74, 6) is 0.0142. The number of aromatic nitrogens is 3. The van der Waals surface area contributed by atoms with Gasteiger partial charge in [-0.1, -0.05) is 88.4 Å². The Morgan fingerprint density at radius 3 is 2.16 bits per heavy atom. The van der Waals surface area contributed by atoms with Gasteiger partial charge in [-0.05, 0) is 34.1 Å². The Morgan fingerprint density at radius 2 is 1.48 bits per heavy atom. The molecule has 0 fully saturated rings. The minimum Gasteiger partial charge on any atom is -0.324 e. The average molecular weight is 556 g/mol. The van der Waals surface area contributed by atoms with Crippen molar-refractivity contribution in [2.24, 2.45) is 0 Å². The van der Waals surface area contributed by atoms with Crippen molar-refractivity contribution in [3.8, 4) is 22.5 Å². The molecule has 0 unspecified atom stereocenters. The Labute approximate surface area is 201 Å². The van der Waals surface area contributed by atoms with Gasteiger partial charge >= 0.3 is 0 Å². The van der Waals surface area contributed by atoms with Crippen LogP contribution in [0.5, 0.6) is 0 Å². The Balaban J connectivity index is 1.55. The highest BCUT2D eigenvalue weighted by atomic mass is 79.9. The first kappa shape index (κ1) is 21.7. The van der Waals surface area contributed by atoms with Crippen LogP contribution in [0, 0.1) is 0 Å². The van der Waals surface area contributed by atoms with Gasteiger partial charge in [0.1, 0.15) is 11.4 Å². The second-order valence-corrected chi connectivity index (χ2v) is 9.20. The molecule has 154 valence electrons. The average Bonchev–Trinajstić information content (AvgIpc) is 2.81. The molecule has 3 aromatic carbocycles. The number of nitrogens with zero attached hydrogens (tertiary/aromatic N) is 3. The van der Waals surface area contributed by atoms with Gasteiger partial charge < -0.3 is 5.32 Å². The van der Waals surface area contributed by atoms with Crippen LogP contribution in [-0.2, 0) is 4.79 Å². The number of hydrogen-bond acceptors (Lipinski definition) is 5. The largest absolute Gasteiger partial charge is 0.324 e. The zero-order chi connectivity index (χ0) is 21.6. The maximum atomic E-state index is 12.4. The van der Waals surface area contributed by atoms with Crippen molar-refractivity contribution in [3.05, 3.63) is 87.8 Å². The molecule has 0 spiro atoms. The first-order valence-corrected chi connectivity index (χ1v) is 11.9. The summed E-state index contributed by atoms with van der Waals surface area (Å²) in [5.41, 5.74) is 4.03. The van der Waals surface area contributed by atoms with Gasteiger partial charge in [0.05, 0.1) is 11.4 Å². The lowest BCUT2D eigenvalue weighted by Gasteiger charge is -2.10. The number of amides is 1. The van der Waals surface area contributed by atoms with E-state index < -0.39 is 0 Å². The number of rotatable bonds is 6. The summed E-state index contributed by atoms with van der Waals surface area (Å²) in [6, 6.07) is 25.3. The molecule has 0 saturated carbocycles. The van der Waals surface area contributed by atoms with Crippen molar-refractivity contribution in [1.29, 1.82) is 0 Å². The number of carbonyl (C=O) groups excluding carboxylic acids is 1. The number of hydrogen-bond donors (Lipinski definition) is 1. The first-order chi connectivity index (χ1) is 15.1. The number of halogens is 2. The Kier molecular flexibility index (Phi) is 7.11. The molecule has 0 bridgehead atoms. The fraction of sp³-hybridized carbons (Fsp3) is 0.0435. The number of anilines is 1. The molecule has 0 aliphatic heterocycles. The maximum Gasteiger partial charge on any atom is 0.234 e. The third-order valence-electron chi connectivity index (χ3n) is 4.30. The molecule has 1 N–H and O–H groups in total. The smallest absolute Gasteiger partial charge is 0.234 e. The Hall–Kier alpha value is -2.55. The summed E-state index contributed by atoms with van der Waals surface area (Å²) < 4.78 is 1.70. The zero-order valence-corrected chi connectivity index (χ0v) is 20.1. The van der Waals surface area contributed by atoms with Crippen LogP contribution in [0.2, 0.25) is 0 Å². The summed E-state index contributed by atoms with van der Waals surface area (Å²) >= 11 is 8.10. The van der Waals surface area contributed by atoms with Crippen molar-refractivity contribution in [3.63, 3.8) is 0 Å². The van der Waals surface area contributed by atoms with Gasteiger partial charge in [0.25, 0.3) is 0 Å². The normalized spacial score (nSPS) is 10.6. The van der Waals surface area contributed by atoms with E-state index in [1.54, 1.807) is 0 Å². The molecule has 0 radical (unpaired) electrons. The topological polar surface area (TPSA) is 67.8 Å². The van der Waals surface area contributed by atoms with Gasteiger partial charge in [0.2, 0.25) is 11.1 Å². The number of benzene rings is 3. The van der Waals surface area contributed by atoms with Crippen LogP contribution in [0.15, 0.2) is 93.0 Å². The molecule has 1 heterocycles. The SMILES string of the molecule is O=C(CSc1nnc(-c2ccccc2)c(-c2ccccc2)n1)Nc1cc(Br)ccc1Br. The summed E-state index contributed by atoms with van der Waals surface area (Å²) in [4.78, 5) is 17.2. The fourth-order valence-corrected chi connectivity index (χ4v) is 4.16. The van der Waals surface area contributed by atoms with Crippen molar-refractivity contribution in [2.45, 2.75) is 5.16 Å². The molecule has 0 aliphatic carbocycles. The highest BCUT2D eigenvalue weighted by Gasteiger charge is 2.15. The fourth-order valence-electron chi connectivity index (χ4n) is 2.87. The summed E-state index contributed by atoms with van der Waals surface area (Å²) in [6.07, 6.45) is 0. The molecule has 4 aromatic rings. The highest BCUT2D eigenvalue weighted by Crippen LogP contribution is 2.30. The van der Waals surface area contributed by atoms with E-state index in [9.17, 15) is 4.79 Å². The van der Waals surface area contributed by atoms with Gasteiger partial charge in [-0.3, -0.25) is 4.79 Å². The molecule has 1 amide bonds. The van der Waals surface area contributed by atoms with Gasteiger partial charge in [-0.2, -0.15) is 0 Å². The minimum atomic E-state index is -0.152. The van der Waals surface area contributed by atoms with Crippen LogP contribution in [0.3, 0.4) is 0 Å². The molecular formula is C23H16Br2N4OS. The lowest BCUT2D eigenvalue weighted by Crippen LogP contribution is -2.15. The lowest BCUT2D eigenvalue weighted by atomic mass is 10.0. The van der Waals surface area contributed by atoms with Crippen LogP contribution >= 0.6 is 43.6 Å². The molecule has 5 nitrogen and oxygen atoms in total. The van der Waals surface area contributed by atoms with E-state index in [1.807, 2.05) is 78.9 Å². The third kappa shape index (κ3) is 5.58. The molecule has 0 atom stereocenters. The molecule has 31 heavy (non-hydrogen) atoms. The molecular weight excluding hydrogens is 540 g/mol. The van der Waals surface area contributed by atoms with E-state index in [0.717, 1.165) is 25.8 Å². The molecule has 1 aromatic heterocycles. The Bertz CT molecular complexity index is 1210. The van der Waals surface area contributed by atoms with Crippen molar-refractivity contribution in [1.82, 2.24) is 15.2 Å². The monoisotopic (exact) mass is 554 g/mol. The van der Waals surface area contributed by atoms with Crippen LogP contribution in [0.1, 0.15) is 0 Å². The molecule has 0 saturated heterocycles. The van der Waals surface area contributed by atoms with Crippen LogP contribution in [0.25, 0.3) is 22.5 Å². The second-order valence-electron chi connectivity index (χ2n) is 6.48. The van der Waals surface area contributed by atoms with E-state index in [4.69, 9.17) is 4.98 Å². The van der Waals surface area contributed by atoms with Gasteiger partial charge in [0.15, 0.2) is 0 Å². The van der Waals surface area contributed by atoms with Gasteiger partial charge in [-0.15, -0.1) is 10.2 Å². The van der Waals surface area contributed by atoms with Crippen LogP contribution in [0.4, 0.5) is 5.69 Å². The van der Waals surface area contributed by atoms with E-state index in [1.165, 1.54) is 11.8 Å². The van der Waals surface area contributed by atoms with E-state index in [0.29, 0.717) is 16.5 Å². The van der Waals surface area contributed by atoms with E-state index >= 15 is 0 Å². The maximum absolute atomic E-state index is 12.4. The minimum absolute atomic E-state index is 0.152. The molecule has 4 rings (SSSR count). The summed E-state index contributed by atoms with van der Waals surface area (Å²) in [5, 5.41) is 12.0. The number of thioether (sulfide) groups is 1. The number of carbonyl (C=O) groups is 1. The predicted molar refractivity (Wildman–Crippen MR) is 132 cm³/mol. The van der Waals surface area contributed by atoms with E-state index in [-0.39, 0.29) is 11.7 Å². The van der Waals surface area contributed by atoms with Gasteiger partial charge in [0, 0.05) is 20.1 Å². The van der Waals surface area contributed by atoms with E-state index in [2.05, 4.69) is 47.4 Å². The van der Waals surface area contributed by atoms with Crippen molar-refractivity contribution >= 4 is 55.2 Å². The highest BCUT2D eigenvalue weighted by molar-refractivity contribution is 9.11. The van der Waals surface area contributed by atoms with Gasteiger partial charge in [-0.25, -0.2) is 4.98 Å². The summed E-state index contributed by atoms with van der Waals surface area (Å²) in [6.45, 7) is 0. The van der Waals surface area contributed by atoms with Crippen molar-refractivity contribution in [2.75, 3.05) is 11.1 Å². The standard InChI is InChI=1S/C23H16Br2N4OS/c24-17-11-12-18(25)19(13-17)26-20(30)14-31-23-27-21(15-7-3-1-4-8-15)22(28-29-23)16-9-5-2-6-10-16/h1-13H,14H2,(H,26,30). The zero-order valence-electron chi connectivity index (χ0n) is 16.1. The van der Waals surface area contributed by atoms with Crippen LogP contribution in [-0.4, -0.2) is 26.8 Å². The second kappa shape index (κ2) is 10.2. The first-order valence-electron chi connectivity index (χ1n) is 9.33. The molecule has 8 heteroatoms. The summed E-state index contributed by atoms with van der Waals surface area (Å²) in [7, 11) is 0. The third-order valence-corrected chi connectivity index (χ3v) is 6.32. The number of nitrogens with one attached hydrogen (secondary N) is 1. The quantitative estimate of drug-likeness (QED) is 0.276. The molecule has 0 aliphatic rings. The van der Waals surface area contributed by atoms with Crippen molar-refractivity contribution < 1.29 is 4.79 Å². The predicted octanol–water partition coefficient (Wildman–Crippen LogP) is 6.46.